The summed E-state index contributed by atoms with van der Waals surface area (Å²) < 4.78 is 6.09. The van der Waals surface area contributed by atoms with E-state index in [1.165, 1.54) is 6.20 Å². The van der Waals surface area contributed by atoms with Crippen LogP contribution in [0.15, 0.2) is 41.1 Å². The van der Waals surface area contributed by atoms with E-state index in [-0.39, 0.29) is 12.5 Å². The Balaban J connectivity index is 1.92. The number of benzene rings is 1. The maximum atomic E-state index is 11.7. The van der Waals surface area contributed by atoms with Crippen molar-refractivity contribution >= 4 is 44.8 Å². The first-order valence-electron chi connectivity index (χ1n) is 5.63. The van der Waals surface area contributed by atoms with Gasteiger partial charge in [0, 0.05) is 16.4 Å². The summed E-state index contributed by atoms with van der Waals surface area (Å²) in [5.74, 6) is 0.176. The zero-order chi connectivity index (χ0) is 14.5. The molecule has 3 N–H and O–H groups in total. The predicted molar refractivity (Wildman–Crippen MR) is 81.9 cm³/mol. The molecule has 1 aromatic heterocycles. The van der Waals surface area contributed by atoms with Crippen LogP contribution in [0.3, 0.4) is 0 Å². The van der Waals surface area contributed by atoms with Crippen LogP contribution in [0.2, 0.25) is 5.02 Å². The number of nitrogen functional groups attached to an aromatic ring is 1. The quantitative estimate of drug-likeness (QED) is 0.825. The molecule has 104 valence electrons. The Morgan fingerprint density at radius 1 is 1.40 bits per heavy atom. The molecule has 0 fully saturated rings. The van der Waals surface area contributed by atoms with Gasteiger partial charge in [-0.3, -0.25) is 9.78 Å². The highest BCUT2D eigenvalue weighted by Crippen LogP contribution is 2.24. The number of nitrogens with zero attached hydrogens (tertiary/aromatic N) is 1. The maximum Gasteiger partial charge on any atom is 0.262 e. The zero-order valence-electron chi connectivity index (χ0n) is 10.3. The lowest BCUT2D eigenvalue weighted by molar-refractivity contribution is -0.118. The van der Waals surface area contributed by atoms with Gasteiger partial charge in [-0.25, -0.2) is 0 Å². The van der Waals surface area contributed by atoms with Gasteiger partial charge in [0.2, 0.25) is 0 Å². The molecule has 5 nitrogen and oxygen atoms in total. The fraction of sp³-hybridized carbons (Fsp3) is 0.0769. The van der Waals surface area contributed by atoms with Crippen molar-refractivity contribution < 1.29 is 9.53 Å². The Morgan fingerprint density at radius 2 is 2.20 bits per heavy atom. The van der Waals surface area contributed by atoms with Crippen LogP contribution in [0, 0.1) is 0 Å². The number of carbonyl (C=O) groups excluding carboxylic acids is 1. The highest BCUT2D eigenvalue weighted by molar-refractivity contribution is 9.10. The second-order valence-corrected chi connectivity index (χ2v) is 5.24. The molecule has 0 bridgehead atoms. The number of carbonyl (C=O) groups is 1. The molecule has 0 spiro atoms. The molecule has 1 amide bonds. The number of hydrogen-bond acceptors (Lipinski definition) is 4. The SMILES string of the molecule is Nc1ccc(NC(=O)COc2cncc(Br)c2)c(Cl)c1. The Morgan fingerprint density at radius 3 is 2.90 bits per heavy atom. The van der Waals surface area contributed by atoms with Gasteiger partial charge in [-0.05, 0) is 40.2 Å². The number of amides is 1. The van der Waals surface area contributed by atoms with Crippen LogP contribution in [0.5, 0.6) is 5.75 Å². The van der Waals surface area contributed by atoms with Crippen molar-refractivity contribution in [1.82, 2.24) is 4.98 Å². The van der Waals surface area contributed by atoms with E-state index < -0.39 is 0 Å². The standard InChI is InChI=1S/C13H11BrClN3O2/c14-8-3-10(6-17-5-8)20-7-13(19)18-12-2-1-9(16)4-11(12)15/h1-6H,7,16H2,(H,18,19). The van der Waals surface area contributed by atoms with Crippen LogP contribution in [0.4, 0.5) is 11.4 Å². The van der Waals surface area contributed by atoms with Gasteiger partial charge in [0.05, 0.1) is 16.9 Å². The van der Waals surface area contributed by atoms with E-state index in [0.29, 0.717) is 22.1 Å². The lowest BCUT2D eigenvalue weighted by Crippen LogP contribution is -2.20. The van der Waals surface area contributed by atoms with E-state index in [4.69, 9.17) is 22.1 Å². The van der Waals surface area contributed by atoms with Crippen molar-refractivity contribution in [1.29, 1.82) is 0 Å². The smallest absolute Gasteiger partial charge is 0.262 e. The number of hydrogen-bond donors (Lipinski definition) is 2. The van der Waals surface area contributed by atoms with Gasteiger partial charge >= 0.3 is 0 Å². The van der Waals surface area contributed by atoms with Crippen LogP contribution in [-0.2, 0) is 4.79 Å². The van der Waals surface area contributed by atoms with Gasteiger partial charge in [-0.15, -0.1) is 0 Å². The van der Waals surface area contributed by atoms with E-state index in [1.54, 1.807) is 30.5 Å². The number of pyridine rings is 1. The number of ether oxygens (including phenoxy) is 1. The molecule has 0 saturated carbocycles. The Hall–Kier alpha value is -1.79. The molecular formula is C13H11BrClN3O2. The fourth-order valence-electron chi connectivity index (χ4n) is 1.44. The molecule has 0 aliphatic carbocycles. The zero-order valence-corrected chi connectivity index (χ0v) is 12.6. The monoisotopic (exact) mass is 355 g/mol. The number of anilines is 2. The topological polar surface area (TPSA) is 77.2 Å². The Bertz CT molecular complexity index is 637. The minimum absolute atomic E-state index is 0.140. The van der Waals surface area contributed by atoms with Gasteiger partial charge in [0.15, 0.2) is 6.61 Å². The second kappa shape index (κ2) is 6.58. The fourth-order valence-corrected chi connectivity index (χ4v) is 2.02. The number of nitrogens with two attached hydrogens (primary N) is 1. The highest BCUT2D eigenvalue weighted by Gasteiger charge is 2.07. The van der Waals surface area contributed by atoms with E-state index >= 15 is 0 Å². The van der Waals surface area contributed by atoms with Gasteiger partial charge < -0.3 is 15.8 Å². The molecule has 0 unspecified atom stereocenters. The van der Waals surface area contributed by atoms with Crippen LogP contribution < -0.4 is 15.8 Å². The third kappa shape index (κ3) is 4.11. The molecule has 0 atom stereocenters. The van der Waals surface area contributed by atoms with E-state index in [1.807, 2.05) is 0 Å². The molecule has 20 heavy (non-hydrogen) atoms. The first-order chi connectivity index (χ1) is 9.54. The van der Waals surface area contributed by atoms with Crippen LogP contribution in [0.1, 0.15) is 0 Å². The van der Waals surface area contributed by atoms with Gasteiger partial charge in [-0.2, -0.15) is 0 Å². The van der Waals surface area contributed by atoms with Crippen molar-refractivity contribution in [3.63, 3.8) is 0 Å². The van der Waals surface area contributed by atoms with Crippen molar-refractivity contribution in [3.05, 3.63) is 46.2 Å². The number of rotatable bonds is 4. The summed E-state index contributed by atoms with van der Waals surface area (Å²) >= 11 is 9.23. The average Bonchev–Trinajstić information content (AvgIpc) is 2.40. The largest absolute Gasteiger partial charge is 0.482 e. The molecule has 2 aromatic rings. The van der Waals surface area contributed by atoms with Gasteiger partial charge in [0.25, 0.3) is 5.91 Å². The van der Waals surface area contributed by atoms with Crippen molar-refractivity contribution in [2.24, 2.45) is 0 Å². The average molecular weight is 357 g/mol. The van der Waals surface area contributed by atoms with E-state index in [2.05, 4.69) is 26.2 Å². The molecule has 0 saturated heterocycles. The molecule has 0 radical (unpaired) electrons. The summed E-state index contributed by atoms with van der Waals surface area (Å²) in [6.07, 6.45) is 3.15. The highest BCUT2D eigenvalue weighted by atomic mass is 79.9. The molecule has 0 aliphatic heterocycles. The summed E-state index contributed by atoms with van der Waals surface area (Å²) in [6.45, 7) is -0.140. The van der Waals surface area contributed by atoms with Crippen LogP contribution >= 0.6 is 27.5 Å². The maximum absolute atomic E-state index is 11.7. The normalized spacial score (nSPS) is 10.1. The van der Waals surface area contributed by atoms with Crippen LogP contribution in [0.25, 0.3) is 0 Å². The first-order valence-corrected chi connectivity index (χ1v) is 6.80. The Kier molecular flexibility index (Phi) is 4.81. The molecule has 7 heteroatoms. The van der Waals surface area contributed by atoms with E-state index in [9.17, 15) is 4.79 Å². The van der Waals surface area contributed by atoms with Crippen molar-refractivity contribution in [3.8, 4) is 5.75 Å². The summed E-state index contributed by atoms with van der Waals surface area (Å²) in [6, 6.07) is 6.57. The second-order valence-electron chi connectivity index (χ2n) is 3.91. The van der Waals surface area contributed by atoms with E-state index in [0.717, 1.165) is 4.47 Å². The number of halogens is 2. The molecule has 1 heterocycles. The molecule has 0 aliphatic rings. The first kappa shape index (κ1) is 14.6. The summed E-state index contributed by atoms with van der Waals surface area (Å²) in [5, 5.41) is 3.02. The van der Waals surface area contributed by atoms with Crippen molar-refractivity contribution in [2.45, 2.75) is 0 Å². The minimum Gasteiger partial charge on any atom is -0.482 e. The van der Waals surface area contributed by atoms with Crippen molar-refractivity contribution in [2.75, 3.05) is 17.7 Å². The Labute approximate surface area is 129 Å². The lowest BCUT2D eigenvalue weighted by atomic mass is 10.3. The summed E-state index contributed by atoms with van der Waals surface area (Å²) in [7, 11) is 0. The summed E-state index contributed by atoms with van der Waals surface area (Å²) in [4.78, 5) is 15.7. The third-order valence-electron chi connectivity index (χ3n) is 2.32. The van der Waals surface area contributed by atoms with Gasteiger partial charge in [-0.1, -0.05) is 11.6 Å². The third-order valence-corrected chi connectivity index (χ3v) is 3.06. The molecular weight excluding hydrogens is 346 g/mol. The lowest BCUT2D eigenvalue weighted by Gasteiger charge is -2.09. The predicted octanol–water partition coefficient (Wildman–Crippen LogP) is 3.10. The van der Waals surface area contributed by atoms with Crippen LogP contribution in [-0.4, -0.2) is 17.5 Å². The molecule has 1 aromatic carbocycles. The minimum atomic E-state index is -0.323. The summed E-state index contributed by atoms with van der Waals surface area (Å²) in [5.41, 5.74) is 6.59. The molecule has 2 rings (SSSR count). The van der Waals surface area contributed by atoms with Gasteiger partial charge in [0.1, 0.15) is 5.75 Å². The number of nitrogens with one attached hydrogen (secondary N) is 1. The number of aromatic nitrogens is 1.